The van der Waals surface area contributed by atoms with Gasteiger partial charge in [0, 0.05) is 31.3 Å². The summed E-state index contributed by atoms with van der Waals surface area (Å²) in [6.45, 7) is 2.70. The van der Waals surface area contributed by atoms with E-state index in [-0.39, 0.29) is 18.6 Å². The minimum atomic E-state index is -0.0174. The van der Waals surface area contributed by atoms with Crippen LogP contribution in [-0.2, 0) is 9.53 Å². The van der Waals surface area contributed by atoms with Gasteiger partial charge in [0.1, 0.15) is 18.2 Å². The zero-order valence-corrected chi connectivity index (χ0v) is 14.0. The van der Waals surface area contributed by atoms with Crippen LogP contribution in [0.25, 0.3) is 0 Å². The first-order valence-corrected chi connectivity index (χ1v) is 8.36. The Labute approximate surface area is 138 Å². The SMILES string of the molecule is COCC(=O)N1CCC[C@H]1c1cc(Nc2nccs2)nc(C)n1. The number of rotatable bonds is 5. The van der Waals surface area contributed by atoms with E-state index in [9.17, 15) is 4.79 Å². The normalized spacial score (nSPS) is 17.5. The molecule has 0 radical (unpaired) electrons. The van der Waals surface area contributed by atoms with Crippen LogP contribution in [0, 0.1) is 6.92 Å². The van der Waals surface area contributed by atoms with Gasteiger partial charge in [0.05, 0.1) is 11.7 Å². The highest BCUT2D eigenvalue weighted by Crippen LogP contribution is 2.32. The van der Waals surface area contributed by atoms with Gasteiger partial charge in [-0.1, -0.05) is 0 Å². The molecule has 1 N–H and O–H groups in total. The number of carbonyl (C=O) groups excluding carboxylic acids is 1. The van der Waals surface area contributed by atoms with E-state index in [1.54, 1.807) is 6.20 Å². The summed E-state index contributed by atoms with van der Waals surface area (Å²) >= 11 is 1.51. The molecular weight excluding hydrogens is 314 g/mol. The highest BCUT2D eigenvalue weighted by molar-refractivity contribution is 7.13. The second-order valence-electron chi connectivity index (χ2n) is 5.37. The molecule has 2 aromatic rings. The summed E-state index contributed by atoms with van der Waals surface area (Å²) in [6.07, 6.45) is 3.62. The van der Waals surface area contributed by atoms with Gasteiger partial charge >= 0.3 is 0 Å². The van der Waals surface area contributed by atoms with Crippen molar-refractivity contribution in [1.82, 2.24) is 19.9 Å². The molecule has 1 aliphatic heterocycles. The highest BCUT2D eigenvalue weighted by atomic mass is 32.1. The first kappa shape index (κ1) is 15.8. The third-order valence-corrected chi connectivity index (χ3v) is 4.40. The minimum Gasteiger partial charge on any atom is -0.375 e. The van der Waals surface area contributed by atoms with Crippen LogP contribution >= 0.6 is 11.3 Å². The van der Waals surface area contributed by atoms with E-state index >= 15 is 0 Å². The van der Waals surface area contributed by atoms with Crippen LogP contribution in [0.2, 0.25) is 0 Å². The van der Waals surface area contributed by atoms with Crippen LogP contribution in [0.4, 0.5) is 10.9 Å². The molecule has 122 valence electrons. The van der Waals surface area contributed by atoms with E-state index in [2.05, 4.69) is 20.3 Å². The van der Waals surface area contributed by atoms with Crippen LogP contribution in [0.5, 0.6) is 0 Å². The fraction of sp³-hybridized carbons (Fsp3) is 0.467. The average Bonchev–Trinajstić information content (AvgIpc) is 3.17. The van der Waals surface area contributed by atoms with Crippen LogP contribution in [0.15, 0.2) is 17.6 Å². The van der Waals surface area contributed by atoms with Crippen molar-refractivity contribution in [2.75, 3.05) is 25.6 Å². The molecule has 0 saturated carbocycles. The van der Waals surface area contributed by atoms with E-state index in [1.807, 2.05) is 23.3 Å². The molecule has 8 heteroatoms. The number of likely N-dealkylation sites (tertiary alicyclic amines) is 1. The van der Waals surface area contributed by atoms with Gasteiger partial charge in [0.15, 0.2) is 5.13 Å². The van der Waals surface area contributed by atoms with Crippen molar-refractivity contribution in [2.24, 2.45) is 0 Å². The summed E-state index contributed by atoms with van der Waals surface area (Å²) in [7, 11) is 1.54. The molecule has 1 aliphatic rings. The number of thiazole rings is 1. The first-order chi connectivity index (χ1) is 11.2. The van der Waals surface area contributed by atoms with Crippen LogP contribution in [0.1, 0.15) is 30.4 Å². The number of hydrogen-bond donors (Lipinski definition) is 1. The fourth-order valence-electron chi connectivity index (χ4n) is 2.80. The third-order valence-electron chi connectivity index (χ3n) is 3.71. The third kappa shape index (κ3) is 3.65. The lowest BCUT2D eigenvalue weighted by Gasteiger charge is -2.24. The second-order valence-corrected chi connectivity index (χ2v) is 6.26. The number of amides is 1. The quantitative estimate of drug-likeness (QED) is 0.904. The molecule has 1 saturated heterocycles. The van der Waals surface area contributed by atoms with E-state index in [0.717, 1.165) is 30.2 Å². The number of aryl methyl sites for hydroxylation is 1. The summed E-state index contributed by atoms with van der Waals surface area (Å²) < 4.78 is 4.97. The number of aromatic nitrogens is 3. The number of ether oxygens (including phenoxy) is 1. The van der Waals surface area contributed by atoms with Gasteiger partial charge in [-0.2, -0.15) is 0 Å². The van der Waals surface area contributed by atoms with Gasteiger partial charge in [-0.3, -0.25) is 4.79 Å². The number of methoxy groups -OCH3 is 1. The molecule has 0 bridgehead atoms. The molecule has 23 heavy (non-hydrogen) atoms. The van der Waals surface area contributed by atoms with Gasteiger partial charge in [-0.05, 0) is 19.8 Å². The second kappa shape index (κ2) is 7.01. The highest BCUT2D eigenvalue weighted by Gasteiger charge is 2.31. The van der Waals surface area contributed by atoms with Crippen molar-refractivity contribution in [1.29, 1.82) is 0 Å². The summed E-state index contributed by atoms with van der Waals surface area (Å²) in [5.41, 5.74) is 0.860. The molecule has 0 aromatic carbocycles. The van der Waals surface area contributed by atoms with Crippen molar-refractivity contribution in [2.45, 2.75) is 25.8 Å². The molecule has 1 fully saturated rings. The summed E-state index contributed by atoms with van der Waals surface area (Å²) in [4.78, 5) is 27.2. The van der Waals surface area contributed by atoms with Crippen molar-refractivity contribution in [3.63, 3.8) is 0 Å². The number of nitrogens with zero attached hydrogens (tertiary/aromatic N) is 4. The molecule has 0 spiro atoms. The monoisotopic (exact) mass is 333 g/mol. The average molecular weight is 333 g/mol. The lowest BCUT2D eigenvalue weighted by molar-refractivity contribution is -0.136. The predicted molar refractivity (Wildman–Crippen MR) is 87.7 cm³/mol. The van der Waals surface area contributed by atoms with Crippen molar-refractivity contribution < 1.29 is 9.53 Å². The fourth-order valence-corrected chi connectivity index (χ4v) is 3.34. The maximum Gasteiger partial charge on any atom is 0.249 e. The van der Waals surface area contributed by atoms with Crippen LogP contribution < -0.4 is 5.32 Å². The first-order valence-electron chi connectivity index (χ1n) is 7.48. The largest absolute Gasteiger partial charge is 0.375 e. The summed E-state index contributed by atoms with van der Waals surface area (Å²) in [5, 5.41) is 5.87. The summed E-state index contributed by atoms with van der Waals surface area (Å²) in [6, 6.07) is 1.88. The van der Waals surface area contributed by atoms with Gasteiger partial charge in [-0.25, -0.2) is 15.0 Å². The van der Waals surface area contributed by atoms with Crippen molar-refractivity contribution in [3.8, 4) is 0 Å². The topological polar surface area (TPSA) is 80.2 Å². The van der Waals surface area contributed by atoms with Gasteiger partial charge < -0.3 is 15.0 Å². The molecule has 3 rings (SSSR count). The van der Waals surface area contributed by atoms with Crippen LogP contribution in [-0.4, -0.2) is 46.0 Å². The van der Waals surface area contributed by atoms with E-state index in [0.29, 0.717) is 11.6 Å². The van der Waals surface area contributed by atoms with Gasteiger partial charge in [-0.15, -0.1) is 11.3 Å². The predicted octanol–water partition coefficient (Wildman–Crippen LogP) is 2.30. The van der Waals surface area contributed by atoms with Crippen molar-refractivity contribution >= 4 is 28.2 Å². The lowest BCUT2D eigenvalue weighted by Crippen LogP contribution is -2.33. The Morgan fingerprint density at radius 1 is 1.52 bits per heavy atom. The molecule has 1 amide bonds. The Kier molecular flexibility index (Phi) is 4.82. The van der Waals surface area contributed by atoms with E-state index in [1.165, 1.54) is 18.4 Å². The zero-order chi connectivity index (χ0) is 16.2. The van der Waals surface area contributed by atoms with Gasteiger partial charge in [0.25, 0.3) is 0 Å². The molecule has 7 nitrogen and oxygen atoms in total. The molecule has 3 heterocycles. The maximum absolute atomic E-state index is 12.2. The Hall–Kier alpha value is -2.06. The van der Waals surface area contributed by atoms with E-state index < -0.39 is 0 Å². The molecular formula is C15H19N5O2S. The number of hydrogen-bond acceptors (Lipinski definition) is 7. The standard InChI is InChI=1S/C15H19N5O2S/c1-10-17-11(8-13(18-10)19-15-16-5-7-23-15)12-4-3-6-20(12)14(21)9-22-2/h5,7-8,12H,3-4,6,9H2,1-2H3,(H,16,17,18,19)/t12-/m0/s1. The van der Waals surface area contributed by atoms with E-state index in [4.69, 9.17) is 4.74 Å². The Morgan fingerprint density at radius 3 is 3.13 bits per heavy atom. The Balaban J connectivity index is 1.84. The number of anilines is 2. The van der Waals surface area contributed by atoms with Gasteiger partial charge in [0.2, 0.25) is 5.91 Å². The summed E-state index contributed by atoms with van der Waals surface area (Å²) in [5.74, 6) is 1.38. The molecule has 0 aliphatic carbocycles. The Morgan fingerprint density at radius 2 is 2.39 bits per heavy atom. The lowest BCUT2D eigenvalue weighted by atomic mass is 10.1. The van der Waals surface area contributed by atoms with Crippen molar-refractivity contribution in [3.05, 3.63) is 29.2 Å². The molecule has 1 atom stereocenters. The smallest absolute Gasteiger partial charge is 0.249 e. The maximum atomic E-state index is 12.2. The Bertz CT molecular complexity index is 677. The number of carbonyl (C=O) groups is 1. The molecule has 0 unspecified atom stereocenters. The number of nitrogens with one attached hydrogen (secondary N) is 1. The van der Waals surface area contributed by atoms with Crippen LogP contribution in [0.3, 0.4) is 0 Å². The zero-order valence-electron chi connectivity index (χ0n) is 13.2. The minimum absolute atomic E-state index is 0.000646. The molecule has 2 aromatic heterocycles.